The molecule has 1 heterocycles. The minimum atomic E-state index is -2.97. The topological polar surface area (TPSA) is 36.7 Å². The molecule has 0 aliphatic heterocycles. The van der Waals surface area contributed by atoms with Crippen molar-refractivity contribution in [2.24, 2.45) is 0 Å². The molecule has 14 heavy (non-hydrogen) atoms. The van der Waals surface area contributed by atoms with E-state index in [2.05, 4.69) is 20.9 Å². The number of hydrogen-bond donors (Lipinski definition) is 0. The molecule has 1 rings (SSSR count). The summed E-state index contributed by atoms with van der Waals surface area (Å²) < 4.78 is 37.4. The summed E-state index contributed by atoms with van der Waals surface area (Å²) in [5.41, 5.74) is -0.803. The van der Waals surface area contributed by atoms with Crippen molar-refractivity contribution >= 4 is 15.9 Å². The van der Waals surface area contributed by atoms with E-state index in [1.165, 1.54) is 0 Å². The first-order valence-corrected chi connectivity index (χ1v) is 4.35. The second-order valence-electron chi connectivity index (χ2n) is 2.42. The Balaban J connectivity index is 3.21. The van der Waals surface area contributed by atoms with Crippen LogP contribution in [-0.2, 0) is 6.42 Å². The number of nitrogens with zero attached hydrogens (tertiary/aromatic N) is 2. The molecular formula is C8H4BrF3N2. The molecule has 0 atom stereocenters. The van der Waals surface area contributed by atoms with E-state index in [1.54, 1.807) is 6.07 Å². The van der Waals surface area contributed by atoms with Crippen molar-refractivity contribution < 1.29 is 13.2 Å². The van der Waals surface area contributed by atoms with Crippen LogP contribution in [0.1, 0.15) is 17.8 Å². The first-order chi connectivity index (χ1) is 6.56. The number of halogens is 4. The molecule has 0 aromatic carbocycles. The van der Waals surface area contributed by atoms with Gasteiger partial charge in [0, 0.05) is 4.47 Å². The van der Waals surface area contributed by atoms with Crippen LogP contribution in [0.25, 0.3) is 0 Å². The average molecular weight is 265 g/mol. The monoisotopic (exact) mass is 264 g/mol. The highest BCUT2D eigenvalue weighted by molar-refractivity contribution is 9.10. The summed E-state index contributed by atoms with van der Waals surface area (Å²) >= 11 is 2.93. The number of alkyl halides is 2. The molecule has 0 aliphatic carbocycles. The zero-order valence-corrected chi connectivity index (χ0v) is 8.35. The van der Waals surface area contributed by atoms with Crippen LogP contribution in [0.4, 0.5) is 13.2 Å². The first kappa shape index (κ1) is 11.0. The Morgan fingerprint density at radius 3 is 2.71 bits per heavy atom. The fourth-order valence-corrected chi connectivity index (χ4v) is 1.30. The normalized spacial score (nSPS) is 10.3. The Morgan fingerprint density at radius 2 is 2.21 bits per heavy atom. The molecule has 2 nitrogen and oxygen atoms in total. The second-order valence-corrected chi connectivity index (χ2v) is 3.27. The van der Waals surface area contributed by atoms with Crippen molar-refractivity contribution in [2.75, 3.05) is 0 Å². The Hall–Kier alpha value is -1.09. The van der Waals surface area contributed by atoms with Gasteiger partial charge < -0.3 is 0 Å². The van der Waals surface area contributed by atoms with Gasteiger partial charge in [-0.2, -0.15) is 5.26 Å². The predicted molar refractivity (Wildman–Crippen MR) is 46.2 cm³/mol. The van der Waals surface area contributed by atoms with Crippen molar-refractivity contribution in [1.82, 2.24) is 4.98 Å². The summed E-state index contributed by atoms with van der Waals surface area (Å²) in [6.45, 7) is 0. The van der Waals surface area contributed by atoms with Gasteiger partial charge in [0.15, 0.2) is 5.82 Å². The van der Waals surface area contributed by atoms with Crippen molar-refractivity contribution in [1.29, 1.82) is 5.26 Å². The smallest absolute Gasteiger partial charge is 0.246 e. The van der Waals surface area contributed by atoms with Gasteiger partial charge in [-0.1, -0.05) is 0 Å². The number of hydrogen-bond acceptors (Lipinski definition) is 2. The minimum Gasteiger partial charge on any atom is -0.246 e. The van der Waals surface area contributed by atoms with Crippen LogP contribution < -0.4 is 0 Å². The van der Waals surface area contributed by atoms with E-state index < -0.39 is 17.9 Å². The fourth-order valence-electron chi connectivity index (χ4n) is 0.873. The van der Waals surface area contributed by atoms with E-state index in [9.17, 15) is 13.2 Å². The van der Waals surface area contributed by atoms with Gasteiger partial charge in [-0.15, -0.1) is 0 Å². The van der Waals surface area contributed by atoms with Crippen LogP contribution in [0.2, 0.25) is 0 Å². The van der Waals surface area contributed by atoms with Gasteiger partial charge in [0.2, 0.25) is 0 Å². The first-order valence-electron chi connectivity index (χ1n) is 3.56. The molecule has 0 radical (unpaired) electrons. The van der Waals surface area contributed by atoms with E-state index in [1.807, 2.05) is 0 Å². The largest absolute Gasteiger partial charge is 0.283 e. The number of pyridine rings is 1. The van der Waals surface area contributed by atoms with Gasteiger partial charge in [0.05, 0.1) is 18.2 Å². The number of rotatable bonds is 2. The molecule has 0 fully saturated rings. The third kappa shape index (κ3) is 2.23. The molecule has 1 aromatic rings. The third-order valence-corrected chi connectivity index (χ3v) is 2.17. The van der Waals surface area contributed by atoms with E-state index >= 15 is 0 Å². The zero-order chi connectivity index (χ0) is 10.7. The molecule has 6 heteroatoms. The quantitative estimate of drug-likeness (QED) is 0.824. The molecular weight excluding hydrogens is 261 g/mol. The molecule has 0 saturated heterocycles. The highest BCUT2D eigenvalue weighted by Gasteiger charge is 2.17. The molecule has 0 amide bonds. The van der Waals surface area contributed by atoms with Crippen LogP contribution in [-0.4, -0.2) is 4.98 Å². The summed E-state index contributed by atoms with van der Waals surface area (Å²) in [5.74, 6) is -1.08. The van der Waals surface area contributed by atoms with Crippen molar-refractivity contribution in [3.05, 3.63) is 27.7 Å². The van der Waals surface area contributed by atoms with Gasteiger partial charge in [-0.25, -0.2) is 18.2 Å². The summed E-state index contributed by atoms with van der Waals surface area (Å²) in [6.07, 6.45) is -3.11. The van der Waals surface area contributed by atoms with E-state index in [0.29, 0.717) is 0 Å². The molecule has 0 N–H and O–H groups in total. The Morgan fingerprint density at radius 1 is 1.57 bits per heavy atom. The molecule has 1 aromatic heterocycles. The van der Waals surface area contributed by atoms with Crippen molar-refractivity contribution in [3.8, 4) is 6.07 Å². The Bertz CT molecular complexity index is 387. The maximum Gasteiger partial charge on any atom is 0.283 e. The van der Waals surface area contributed by atoms with Crippen LogP contribution in [0.15, 0.2) is 10.5 Å². The lowest BCUT2D eigenvalue weighted by molar-refractivity contribution is 0.140. The van der Waals surface area contributed by atoms with Crippen LogP contribution in [0.3, 0.4) is 0 Å². The molecule has 0 bridgehead atoms. The third-order valence-electron chi connectivity index (χ3n) is 1.48. The lowest BCUT2D eigenvalue weighted by Crippen LogP contribution is -2.01. The lowest BCUT2D eigenvalue weighted by atomic mass is 10.2. The van der Waals surface area contributed by atoms with Gasteiger partial charge in [0.1, 0.15) is 5.69 Å². The van der Waals surface area contributed by atoms with Gasteiger partial charge >= 0.3 is 0 Å². The van der Waals surface area contributed by atoms with Crippen molar-refractivity contribution in [3.63, 3.8) is 0 Å². The van der Waals surface area contributed by atoms with Gasteiger partial charge in [-0.05, 0) is 22.0 Å². The minimum absolute atomic E-state index is 0.115. The number of aromatic nitrogens is 1. The van der Waals surface area contributed by atoms with Gasteiger partial charge in [0.25, 0.3) is 6.43 Å². The summed E-state index contributed by atoms with van der Waals surface area (Å²) in [4.78, 5) is 3.37. The summed E-state index contributed by atoms with van der Waals surface area (Å²) in [6, 6.07) is 2.64. The standard InChI is InChI=1S/C8H4BrF3N2/c9-4-3-5(10)7(8(11)12)14-6(4)1-2-13/h3,8H,1H2. The predicted octanol–water partition coefficient (Wildman–Crippen LogP) is 2.99. The highest BCUT2D eigenvalue weighted by Crippen LogP contribution is 2.24. The molecule has 0 aliphatic rings. The maximum atomic E-state index is 12.9. The van der Waals surface area contributed by atoms with Crippen LogP contribution >= 0.6 is 15.9 Å². The molecule has 0 unspecified atom stereocenters. The fraction of sp³-hybridized carbons (Fsp3) is 0.250. The summed E-state index contributed by atoms with van der Waals surface area (Å²) in [5, 5.41) is 8.35. The van der Waals surface area contributed by atoms with Gasteiger partial charge in [-0.3, -0.25) is 0 Å². The van der Waals surface area contributed by atoms with Crippen LogP contribution in [0.5, 0.6) is 0 Å². The highest BCUT2D eigenvalue weighted by atomic mass is 79.9. The van der Waals surface area contributed by atoms with E-state index in [4.69, 9.17) is 5.26 Å². The van der Waals surface area contributed by atoms with Crippen LogP contribution in [0, 0.1) is 17.1 Å². The van der Waals surface area contributed by atoms with E-state index in [-0.39, 0.29) is 16.6 Å². The molecule has 0 spiro atoms. The summed E-state index contributed by atoms with van der Waals surface area (Å²) in [7, 11) is 0. The SMILES string of the molecule is N#CCc1nc(C(F)F)c(F)cc1Br. The average Bonchev–Trinajstić information content (AvgIpc) is 2.09. The second kappa shape index (κ2) is 4.42. The van der Waals surface area contributed by atoms with Crippen molar-refractivity contribution in [2.45, 2.75) is 12.8 Å². The Labute approximate surface area is 86.5 Å². The van der Waals surface area contributed by atoms with E-state index in [0.717, 1.165) is 6.07 Å². The maximum absolute atomic E-state index is 12.9. The molecule has 74 valence electrons. The number of nitriles is 1. The zero-order valence-electron chi connectivity index (χ0n) is 6.77. The lowest BCUT2D eigenvalue weighted by Gasteiger charge is -2.04. The Kier molecular flexibility index (Phi) is 3.47. The molecule has 0 saturated carbocycles.